The minimum atomic E-state index is 0.395. The summed E-state index contributed by atoms with van der Waals surface area (Å²) in [5.41, 5.74) is 0.395. The van der Waals surface area contributed by atoms with Crippen LogP contribution in [0.25, 0.3) is 0 Å². The fourth-order valence-corrected chi connectivity index (χ4v) is 2.46. The minimum absolute atomic E-state index is 0.395. The van der Waals surface area contributed by atoms with Gasteiger partial charge in [-0.15, -0.1) is 0 Å². The molecule has 1 atom stereocenters. The zero-order valence-corrected chi connectivity index (χ0v) is 12.5. The first-order valence-corrected chi connectivity index (χ1v) is 6.96. The maximum Gasteiger partial charge on any atom is 0.0474 e. The zero-order valence-electron chi connectivity index (χ0n) is 12.5. The third kappa shape index (κ3) is 8.58. The fourth-order valence-electron chi connectivity index (χ4n) is 2.46. The molecule has 0 saturated heterocycles. The van der Waals surface area contributed by atoms with Gasteiger partial charge in [-0.2, -0.15) is 0 Å². The Morgan fingerprint density at radius 2 is 2.00 bits per heavy atom. The first-order valence-electron chi connectivity index (χ1n) is 6.96. The number of hydrogen-bond donors (Lipinski definition) is 1. The molecule has 0 aliphatic carbocycles. The maximum atomic E-state index is 5.10. The Labute approximate surface area is 108 Å². The first-order chi connectivity index (χ1) is 8.08. The van der Waals surface area contributed by atoms with Gasteiger partial charge in [0.2, 0.25) is 0 Å². The SMILES string of the molecule is CCCC(C)(CNCC)CN(C)CCCOC. The average molecular weight is 244 g/mol. The first kappa shape index (κ1) is 16.9. The van der Waals surface area contributed by atoms with Gasteiger partial charge < -0.3 is 15.0 Å². The van der Waals surface area contributed by atoms with Gasteiger partial charge in [0, 0.05) is 33.4 Å². The number of hydrogen-bond acceptors (Lipinski definition) is 3. The molecule has 0 bridgehead atoms. The summed E-state index contributed by atoms with van der Waals surface area (Å²) in [5.74, 6) is 0. The Hall–Kier alpha value is -0.120. The molecule has 0 spiro atoms. The highest BCUT2D eigenvalue weighted by molar-refractivity contribution is 4.79. The van der Waals surface area contributed by atoms with Gasteiger partial charge in [-0.05, 0) is 31.8 Å². The molecule has 104 valence electrons. The lowest BCUT2D eigenvalue weighted by Crippen LogP contribution is -2.41. The summed E-state index contributed by atoms with van der Waals surface area (Å²) < 4.78 is 5.10. The lowest BCUT2D eigenvalue weighted by atomic mass is 9.85. The van der Waals surface area contributed by atoms with E-state index in [0.29, 0.717) is 5.41 Å². The highest BCUT2D eigenvalue weighted by Gasteiger charge is 2.24. The van der Waals surface area contributed by atoms with Crippen LogP contribution in [0.15, 0.2) is 0 Å². The molecule has 0 saturated carbocycles. The van der Waals surface area contributed by atoms with Crippen molar-refractivity contribution < 1.29 is 4.74 Å². The van der Waals surface area contributed by atoms with Crippen LogP contribution in [0.5, 0.6) is 0 Å². The van der Waals surface area contributed by atoms with E-state index in [4.69, 9.17) is 4.74 Å². The molecular formula is C14H32N2O. The van der Waals surface area contributed by atoms with Crippen LogP contribution in [0.3, 0.4) is 0 Å². The summed E-state index contributed by atoms with van der Waals surface area (Å²) in [5, 5.41) is 3.49. The molecule has 0 radical (unpaired) electrons. The fraction of sp³-hybridized carbons (Fsp3) is 1.00. The van der Waals surface area contributed by atoms with E-state index in [1.807, 2.05) is 0 Å². The van der Waals surface area contributed by atoms with Gasteiger partial charge in [0.15, 0.2) is 0 Å². The summed E-state index contributed by atoms with van der Waals surface area (Å²) in [6, 6.07) is 0. The lowest BCUT2D eigenvalue weighted by Gasteiger charge is -2.34. The molecule has 0 heterocycles. The normalized spacial score (nSPS) is 15.2. The standard InChI is InChI=1S/C14H32N2O/c1-6-9-14(3,12-15-7-2)13-16(4)10-8-11-17-5/h15H,6-13H2,1-5H3. The highest BCUT2D eigenvalue weighted by atomic mass is 16.5. The van der Waals surface area contributed by atoms with Crippen LogP contribution in [0.1, 0.15) is 40.0 Å². The van der Waals surface area contributed by atoms with E-state index in [1.54, 1.807) is 7.11 Å². The van der Waals surface area contributed by atoms with Gasteiger partial charge in [-0.1, -0.05) is 27.2 Å². The minimum Gasteiger partial charge on any atom is -0.385 e. The molecule has 0 fully saturated rings. The van der Waals surface area contributed by atoms with E-state index >= 15 is 0 Å². The van der Waals surface area contributed by atoms with Crippen molar-refractivity contribution in [3.05, 3.63) is 0 Å². The van der Waals surface area contributed by atoms with E-state index in [0.717, 1.165) is 39.2 Å². The van der Waals surface area contributed by atoms with Crippen molar-refractivity contribution in [3.8, 4) is 0 Å². The summed E-state index contributed by atoms with van der Waals surface area (Å²) in [6.45, 7) is 12.2. The number of nitrogens with one attached hydrogen (secondary N) is 1. The predicted molar refractivity (Wildman–Crippen MR) is 75.5 cm³/mol. The highest BCUT2D eigenvalue weighted by Crippen LogP contribution is 2.23. The second-order valence-electron chi connectivity index (χ2n) is 5.43. The molecule has 0 aromatic heterocycles. The Morgan fingerprint density at radius 3 is 2.53 bits per heavy atom. The van der Waals surface area contributed by atoms with Gasteiger partial charge in [0.25, 0.3) is 0 Å². The summed E-state index contributed by atoms with van der Waals surface area (Å²) in [7, 11) is 3.99. The Morgan fingerprint density at radius 1 is 1.29 bits per heavy atom. The zero-order chi connectivity index (χ0) is 13.1. The van der Waals surface area contributed by atoms with Crippen molar-refractivity contribution in [3.63, 3.8) is 0 Å². The molecule has 1 N–H and O–H groups in total. The van der Waals surface area contributed by atoms with Gasteiger partial charge in [0.1, 0.15) is 0 Å². The smallest absolute Gasteiger partial charge is 0.0474 e. The summed E-state index contributed by atoms with van der Waals surface area (Å²) >= 11 is 0. The van der Waals surface area contributed by atoms with Crippen LogP contribution in [-0.2, 0) is 4.74 Å². The third-order valence-corrected chi connectivity index (χ3v) is 3.20. The molecule has 17 heavy (non-hydrogen) atoms. The monoisotopic (exact) mass is 244 g/mol. The molecule has 0 amide bonds. The molecule has 0 aliphatic heterocycles. The van der Waals surface area contributed by atoms with Crippen molar-refractivity contribution in [2.45, 2.75) is 40.0 Å². The van der Waals surface area contributed by atoms with E-state index in [2.05, 4.69) is 38.0 Å². The molecule has 0 aromatic rings. The van der Waals surface area contributed by atoms with Crippen LogP contribution in [-0.4, -0.2) is 51.8 Å². The summed E-state index contributed by atoms with van der Waals surface area (Å²) in [4.78, 5) is 2.44. The topological polar surface area (TPSA) is 24.5 Å². The van der Waals surface area contributed by atoms with Crippen LogP contribution in [0.2, 0.25) is 0 Å². The van der Waals surface area contributed by atoms with E-state index in [1.165, 1.54) is 12.8 Å². The van der Waals surface area contributed by atoms with Crippen molar-refractivity contribution in [2.24, 2.45) is 5.41 Å². The van der Waals surface area contributed by atoms with Crippen LogP contribution in [0.4, 0.5) is 0 Å². The Balaban J connectivity index is 4.03. The van der Waals surface area contributed by atoms with Crippen molar-refractivity contribution in [2.75, 3.05) is 46.9 Å². The van der Waals surface area contributed by atoms with Crippen LogP contribution < -0.4 is 5.32 Å². The number of methoxy groups -OCH3 is 1. The Bertz CT molecular complexity index is 176. The molecule has 0 rings (SSSR count). The summed E-state index contributed by atoms with van der Waals surface area (Å²) in [6.07, 6.45) is 3.67. The molecule has 3 heteroatoms. The van der Waals surface area contributed by atoms with Gasteiger partial charge in [-0.25, -0.2) is 0 Å². The van der Waals surface area contributed by atoms with Gasteiger partial charge in [-0.3, -0.25) is 0 Å². The predicted octanol–water partition coefficient (Wildman–Crippen LogP) is 2.37. The Kier molecular flexibility index (Phi) is 9.79. The quantitative estimate of drug-likeness (QED) is 0.565. The van der Waals surface area contributed by atoms with Crippen molar-refractivity contribution >= 4 is 0 Å². The molecular weight excluding hydrogens is 212 g/mol. The van der Waals surface area contributed by atoms with Crippen LogP contribution in [0, 0.1) is 5.41 Å². The number of nitrogens with zero attached hydrogens (tertiary/aromatic N) is 1. The maximum absolute atomic E-state index is 5.10. The van der Waals surface area contributed by atoms with E-state index in [-0.39, 0.29) is 0 Å². The van der Waals surface area contributed by atoms with Gasteiger partial charge in [0.05, 0.1) is 0 Å². The third-order valence-electron chi connectivity index (χ3n) is 3.20. The van der Waals surface area contributed by atoms with E-state index < -0.39 is 0 Å². The second-order valence-corrected chi connectivity index (χ2v) is 5.43. The number of rotatable bonds is 11. The van der Waals surface area contributed by atoms with Crippen molar-refractivity contribution in [1.29, 1.82) is 0 Å². The molecule has 0 aliphatic rings. The number of ether oxygens (including phenoxy) is 1. The van der Waals surface area contributed by atoms with Crippen LogP contribution >= 0.6 is 0 Å². The largest absolute Gasteiger partial charge is 0.385 e. The molecule has 3 nitrogen and oxygen atoms in total. The molecule has 1 unspecified atom stereocenters. The van der Waals surface area contributed by atoms with Crippen molar-refractivity contribution in [1.82, 2.24) is 10.2 Å². The average Bonchev–Trinajstić information content (AvgIpc) is 2.27. The van der Waals surface area contributed by atoms with E-state index in [9.17, 15) is 0 Å². The molecule has 0 aromatic carbocycles. The second kappa shape index (κ2) is 9.86. The van der Waals surface area contributed by atoms with Gasteiger partial charge >= 0.3 is 0 Å². The lowest BCUT2D eigenvalue weighted by molar-refractivity contribution is 0.147.